The summed E-state index contributed by atoms with van der Waals surface area (Å²) in [6.07, 6.45) is 2.35. The summed E-state index contributed by atoms with van der Waals surface area (Å²) >= 11 is 5.97. The molecule has 198 valence electrons. The molecule has 0 saturated heterocycles. The highest BCUT2D eigenvalue weighted by molar-refractivity contribution is 7.92. The van der Waals surface area contributed by atoms with Gasteiger partial charge in [0.2, 0.25) is 6.33 Å². The Bertz CT molecular complexity index is 1880. The molecule has 0 atom stereocenters. The predicted octanol–water partition coefficient (Wildman–Crippen LogP) is 4.90. The number of nitro groups is 1. The fourth-order valence-electron chi connectivity index (χ4n) is 3.69. The van der Waals surface area contributed by atoms with Crippen LogP contribution < -0.4 is 10.0 Å². The molecule has 0 spiro atoms. The molecule has 5 rings (SSSR count). The second-order valence-corrected chi connectivity index (χ2v) is 10.0. The normalized spacial score (nSPS) is 11.5. The highest BCUT2D eigenvalue weighted by atomic mass is 35.5. The summed E-state index contributed by atoms with van der Waals surface area (Å²) in [6, 6.07) is 10.4. The molecule has 12 nitrogen and oxygen atoms in total. The van der Waals surface area contributed by atoms with E-state index in [1.807, 2.05) is 0 Å². The van der Waals surface area contributed by atoms with Crippen LogP contribution in [-0.2, 0) is 10.0 Å². The first-order chi connectivity index (χ1) is 18.6. The highest BCUT2D eigenvalue weighted by Gasteiger charge is 2.23. The highest BCUT2D eigenvalue weighted by Crippen LogP contribution is 2.32. The average Bonchev–Trinajstić information content (AvgIpc) is 3.29. The van der Waals surface area contributed by atoms with Crippen LogP contribution in [0, 0.1) is 28.7 Å². The minimum Gasteiger partial charge on any atom is -0.358 e. The lowest BCUT2D eigenvalue weighted by atomic mass is 10.2. The van der Waals surface area contributed by atoms with Gasteiger partial charge in [-0.05, 0) is 53.2 Å². The summed E-state index contributed by atoms with van der Waals surface area (Å²) in [5, 5.41) is 13.6. The van der Waals surface area contributed by atoms with Gasteiger partial charge in [0.25, 0.3) is 10.0 Å². The summed E-state index contributed by atoms with van der Waals surface area (Å²) in [5.74, 6) is -2.56. The monoisotopic (exact) mass is 572 g/mol. The van der Waals surface area contributed by atoms with Crippen LogP contribution in [0.2, 0.25) is 5.02 Å². The molecule has 0 bridgehead atoms. The average molecular weight is 573 g/mol. The van der Waals surface area contributed by atoms with Crippen LogP contribution >= 0.6 is 11.6 Å². The number of halogens is 3. The second-order valence-electron chi connectivity index (χ2n) is 7.99. The first kappa shape index (κ1) is 25.9. The zero-order chi connectivity index (χ0) is 27.9. The fraction of sp³-hybridized carbons (Fsp3) is 0.0435. The summed E-state index contributed by atoms with van der Waals surface area (Å²) < 4.78 is 59.2. The Kier molecular flexibility index (Phi) is 6.53. The maximum atomic E-state index is 15.4. The van der Waals surface area contributed by atoms with Crippen molar-refractivity contribution in [2.24, 2.45) is 0 Å². The summed E-state index contributed by atoms with van der Waals surface area (Å²) in [4.78, 5) is 26.5. The summed E-state index contributed by atoms with van der Waals surface area (Å²) in [5.41, 5.74) is -0.691. The van der Waals surface area contributed by atoms with Crippen molar-refractivity contribution in [3.05, 3.63) is 93.7 Å². The minimum absolute atomic E-state index is 0.0756. The summed E-state index contributed by atoms with van der Waals surface area (Å²) in [7, 11) is -4.31. The van der Waals surface area contributed by atoms with Crippen LogP contribution in [-0.4, -0.2) is 37.8 Å². The Morgan fingerprint density at radius 2 is 1.82 bits per heavy atom. The Labute approximate surface area is 223 Å². The van der Waals surface area contributed by atoms with E-state index in [2.05, 4.69) is 30.0 Å². The number of aromatic nitrogens is 5. The number of hydrogen-bond donors (Lipinski definition) is 2. The van der Waals surface area contributed by atoms with Gasteiger partial charge in [-0.15, -0.1) is 0 Å². The third kappa shape index (κ3) is 4.80. The van der Waals surface area contributed by atoms with Crippen molar-refractivity contribution in [1.29, 1.82) is 0 Å². The van der Waals surface area contributed by atoms with E-state index in [9.17, 15) is 22.9 Å². The smallest absolute Gasteiger partial charge is 0.358 e. The van der Waals surface area contributed by atoms with Gasteiger partial charge in [0, 0.05) is 0 Å². The van der Waals surface area contributed by atoms with Crippen molar-refractivity contribution in [3.8, 4) is 5.82 Å². The lowest BCUT2D eigenvalue weighted by molar-refractivity contribution is -0.389. The molecule has 0 amide bonds. The Morgan fingerprint density at radius 1 is 1.05 bits per heavy atom. The zero-order valence-electron chi connectivity index (χ0n) is 19.6. The first-order valence-corrected chi connectivity index (χ1v) is 12.8. The number of sulfonamides is 1. The van der Waals surface area contributed by atoms with Crippen LogP contribution in [0.3, 0.4) is 0 Å². The number of nitrogens with zero attached hydrogens (tertiary/aromatic N) is 6. The Morgan fingerprint density at radius 3 is 2.54 bits per heavy atom. The van der Waals surface area contributed by atoms with Crippen LogP contribution in [0.4, 0.5) is 31.8 Å². The van der Waals surface area contributed by atoms with E-state index in [-0.39, 0.29) is 38.6 Å². The molecule has 3 heterocycles. The summed E-state index contributed by atoms with van der Waals surface area (Å²) in [6.45, 7) is 1.48. The molecule has 16 heteroatoms. The molecule has 0 unspecified atom stereocenters. The van der Waals surface area contributed by atoms with E-state index in [4.69, 9.17) is 11.6 Å². The lowest BCUT2D eigenvalue weighted by Crippen LogP contribution is -2.15. The van der Waals surface area contributed by atoms with Crippen LogP contribution in [0.5, 0.6) is 0 Å². The number of fused-ring (bicyclic) bond motifs is 1. The number of benzene rings is 2. The molecule has 2 aromatic carbocycles. The van der Waals surface area contributed by atoms with Crippen molar-refractivity contribution in [2.75, 3.05) is 10.0 Å². The van der Waals surface area contributed by atoms with Gasteiger partial charge in [-0.2, -0.15) is 0 Å². The maximum absolute atomic E-state index is 15.4. The van der Waals surface area contributed by atoms with Gasteiger partial charge < -0.3 is 15.4 Å². The van der Waals surface area contributed by atoms with Gasteiger partial charge in [-0.1, -0.05) is 23.7 Å². The Hall–Kier alpha value is -4.76. The number of anilines is 3. The molecule has 0 aliphatic carbocycles. The van der Waals surface area contributed by atoms with E-state index in [0.717, 1.165) is 18.5 Å². The second kappa shape index (κ2) is 9.85. The van der Waals surface area contributed by atoms with Gasteiger partial charge >= 0.3 is 5.82 Å². The Balaban J connectivity index is 1.54. The molecule has 3 aromatic heterocycles. The van der Waals surface area contributed by atoms with Crippen LogP contribution in [0.1, 0.15) is 5.69 Å². The van der Waals surface area contributed by atoms with Crippen molar-refractivity contribution < 1.29 is 22.1 Å². The van der Waals surface area contributed by atoms with Crippen LogP contribution in [0.25, 0.3) is 16.9 Å². The third-order valence-electron chi connectivity index (χ3n) is 5.57. The molecule has 0 saturated carbocycles. The molecule has 2 N–H and O–H groups in total. The van der Waals surface area contributed by atoms with Crippen LogP contribution in [0.15, 0.2) is 66.1 Å². The zero-order valence-corrected chi connectivity index (χ0v) is 21.2. The van der Waals surface area contributed by atoms with Crippen molar-refractivity contribution >= 4 is 55.7 Å². The van der Waals surface area contributed by atoms with E-state index < -0.39 is 38.0 Å². The number of imidazole rings is 1. The molecule has 0 aliphatic heterocycles. The van der Waals surface area contributed by atoms with E-state index in [1.54, 1.807) is 0 Å². The van der Waals surface area contributed by atoms with Gasteiger partial charge in [0.1, 0.15) is 39.8 Å². The van der Waals surface area contributed by atoms with Crippen molar-refractivity contribution in [3.63, 3.8) is 0 Å². The van der Waals surface area contributed by atoms with Crippen molar-refractivity contribution in [2.45, 2.75) is 11.8 Å². The third-order valence-corrected chi connectivity index (χ3v) is 7.44. The van der Waals surface area contributed by atoms with Gasteiger partial charge in [-0.25, -0.2) is 32.2 Å². The van der Waals surface area contributed by atoms with Gasteiger partial charge in [0.15, 0.2) is 11.6 Å². The number of pyridine rings is 1. The minimum atomic E-state index is -4.31. The van der Waals surface area contributed by atoms with Crippen molar-refractivity contribution in [1.82, 2.24) is 24.5 Å². The van der Waals surface area contributed by atoms with E-state index >= 15 is 4.39 Å². The number of hydrogen-bond acceptors (Lipinski definition) is 9. The lowest BCUT2D eigenvalue weighted by Gasteiger charge is -2.14. The number of rotatable bonds is 7. The van der Waals surface area contributed by atoms with E-state index in [0.29, 0.717) is 5.52 Å². The molecule has 0 fully saturated rings. The molecular weight excluding hydrogens is 558 g/mol. The SMILES string of the molecule is Cc1c([N+](=O)[O-])ncn1-c1ccc2ncnc(Nc3c(F)ccc(NS(=O)(=O)c4ccccc4Cl)c3F)c2n1. The standard InChI is InChI=1S/C23H15ClF2N8O4S/c1-12-23(34(35)36)29-11-33(12)18-9-8-16-21(30-18)22(28-10-27-16)31-20-14(25)6-7-15(19(20)26)32-39(37,38)17-5-3-2-4-13(17)24/h2-11,32H,1H3,(H,27,28,31). The maximum Gasteiger partial charge on any atom is 0.384 e. The predicted molar refractivity (Wildman–Crippen MR) is 138 cm³/mol. The molecule has 5 aromatic rings. The topological polar surface area (TPSA) is 158 Å². The van der Waals surface area contributed by atoms with Gasteiger partial charge in [0.05, 0.1) is 16.2 Å². The molecule has 39 heavy (non-hydrogen) atoms. The quantitative estimate of drug-likeness (QED) is 0.204. The fourth-order valence-corrected chi connectivity index (χ4v) is 5.27. The largest absolute Gasteiger partial charge is 0.384 e. The molecule has 0 radical (unpaired) electrons. The number of nitrogens with one attached hydrogen (secondary N) is 2. The van der Waals surface area contributed by atoms with E-state index in [1.165, 1.54) is 54.2 Å². The van der Waals surface area contributed by atoms with Gasteiger partial charge in [-0.3, -0.25) is 9.29 Å². The first-order valence-electron chi connectivity index (χ1n) is 10.9. The molecular formula is C23H15ClF2N8O4S. The molecule has 0 aliphatic rings.